The zero-order valence-electron chi connectivity index (χ0n) is 30.1. The number of aryl methyl sites for hydroxylation is 1. The molecule has 10 nitrogen and oxygen atoms in total. The molecule has 0 bridgehead atoms. The topological polar surface area (TPSA) is 147 Å². The fourth-order valence-corrected chi connectivity index (χ4v) is 7.52. The van der Waals surface area contributed by atoms with Gasteiger partial charge in [-0.15, -0.1) is 0 Å². The highest BCUT2D eigenvalue weighted by Gasteiger charge is 2.48. The predicted octanol–water partition coefficient (Wildman–Crippen LogP) is 8.02. The van der Waals surface area contributed by atoms with Gasteiger partial charge in [-0.05, 0) is 54.3 Å². The smallest absolute Gasteiger partial charge is 0.433 e. The van der Waals surface area contributed by atoms with Crippen molar-refractivity contribution in [3.05, 3.63) is 113 Å². The second-order valence-corrected chi connectivity index (χ2v) is 14.6. The maximum atomic E-state index is 14.9. The molecule has 3 aromatic carbocycles. The molecule has 2 unspecified atom stereocenters. The molecular formula is C39H33F7N8O2S. The lowest BCUT2D eigenvalue weighted by atomic mass is 9.93. The minimum atomic E-state index is -5.20. The molecule has 0 saturated heterocycles. The highest BCUT2D eigenvalue weighted by Crippen LogP contribution is 2.42. The zero-order chi connectivity index (χ0) is 40.8. The van der Waals surface area contributed by atoms with Gasteiger partial charge in [0, 0.05) is 47.3 Å². The first-order valence-corrected chi connectivity index (χ1v) is 19.0. The van der Waals surface area contributed by atoms with Crippen molar-refractivity contribution < 1.29 is 40.1 Å². The summed E-state index contributed by atoms with van der Waals surface area (Å²) in [4.78, 5) is 22.1. The van der Waals surface area contributed by atoms with Crippen LogP contribution in [-0.2, 0) is 29.6 Å². The lowest BCUT2D eigenvalue weighted by Crippen LogP contribution is -2.40. The predicted molar refractivity (Wildman–Crippen MR) is 203 cm³/mol. The number of aromatic nitrogens is 4. The fourth-order valence-electron chi connectivity index (χ4n) is 7.10. The van der Waals surface area contributed by atoms with Crippen LogP contribution in [0.5, 0.6) is 0 Å². The van der Waals surface area contributed by atoms with Crippen molar-refractivity contribution >= 4 is 50.7 Å². The molecule has 296 valence electrons. The summed E-state index contributed by atoms with van der Waals surface area (Å²) in [7, 11) is 1.67. The van der Waals surface area contributed by atoms with Crippen molar-refractivity contribution in [3.8, 4) is 22.4 Å². The van der Waals surface area contributed by atoms with Gasteiger partial charge in [-0.2, -0.15) is 31.8 Å². The van der Waals surface area contributed by atoms with E-state index in [1.54, 1.807) is 42.1 Å². The van der Waals surface area contributed by atoms with Crippen LogP contribution >= 0.6 is 0 Å². The Balaban J connectivity index is 1.37. The summed E-state index contributed by atoms with van der Waals surface area (Å²) in [6.45, 7) is -0.937. The first-order chi connectivity index (χ1) is 27.0. The van der Waals surface area contributed by atoms with Crippen LogP contribution in [0.1, 0.15) is 30.1 Å². The molecule has 5 N–H and O–H groups in total. The van der Waals surface area contributed by atoms with E-state index in [0.717, 1.165) is 17.7 Å². The highest BCUT2D eigenvalue weighted by molar-refractivity contribution is 7.92. The van der Waals surface area contributed by atoms with Crippen LogP contribution in [-0.4, -0.2) is 60.8 Å². The Hall–Kier alpha value is -5.88. The van der Waals surface area contributed by atoms with Gasteiger partial charge in [-0.3, -0.25) is 14.9 Å². The molecule has 1 aliphatic carbocycles. The Morgan fingerprint density at radius 1 is 1.04 bits per heavy atom. The maximum Gasteiger partial charge on any atom is 0.433 e. The molecule has 57 heavy (non-hydrogen) atoms. The second-order valence-electron chi connectivity index (χ2n) is 13.5. The number of alkyl halides is 5. The number of benzene rings is 3. The van der Waals surface area contributed by atoms with Gasteiger partial charge >= 0.3 is 6.18 Å². The number of allylic oxidation sites excluding steroid dienone is 2. The number of carbonyl (C=O) groups excluding carboxylic acids is 1. The zero-order valence-corrected chi connectivity index (χ0v) is 30.9. The van der Waals surface area contributed by atoms with Gasteiger partial charge in [0.2, 0.25) is 5.91 Å². The van der Waals surface area contributed by atoms with Gasteiger partial charge in [-0.25, -0.2) is 13.8 Å². The van der Waals surface area contributed by atoms with Crippen LogP contribution in [0.25, 0.3) is 44.3 Å². The van der Waals surface area contributed by atoms with E-state index in [1.807, 2.05) is 30.3 Å². The molecule has 2 atom stereocenters. The second kappa shape index (κ2) is 15.2. The number of carbonyl (C=O) groups is 1. The number of hydrogen-bond acceptors (Lipinski definition) is 7. The molecule has 6 aromatic rings. The van der Waals surface area contributed by atoms with Crippen LogP contribution in [0.2, 0.25) is 0 Å². The summed E-state index contributed by atoms with van der Waals surface area (Å²) in [6, 6.07) is 19.7. The Kier molecular flexibility index (Phi) is 10.5. The molecule has 0 aliphatic heterocycles. The molecule has 0 spiro atoms. The number of H-pyrrole nitrogens is 1. The first-order valence-electron chi connectivity index (χ1n) is 17.4. The van der Waals surface area contributed by atoms with E-state index in [9.17, 15) is 40.1 Å². The van der Waals surface area contributed by atoms with E-state index in [1.165, 1.54) is 6.26 Å². The van der Waals surface area contributed by atoms with Crippen molar-refractivity contribution in [1.82, 2.24) is 30.4 Å². The SMILES string of the molecule is Cn1nc(N[S+](C)[O-])c2cccc(-c3cc4[nH]c(-c5ccccc5)cc4nc3C(Cc3cc(F)cc(F)c3)NC(=O)CNC3=C(C(=N)C(F)(F)F)CCC3(F)F)c21. The average Bonchev–Trinajstić information content (AvgIpc) is 3.80. The summed E-state index contributed by atoms with van der Waals surface area (Å²) in [5.74, 6) is -6.22. The molecule has 0 radical (unpaired) electrons. The molecular weight excluding hydrogens is 778 g/mol. The lowest BCUT2D eigenvalue weighted by Gasteiger charge is -2.23. The van der Waals surface area contributed by atoms with E-state index >= 15 is 0 Å². The van der Waals surface area contributed by atoms with Gasteiger partial charge in [0.05, 0.1) is 51.9 Å². The first kappa shape index (κ1) is 39.4. The van der Waals surface area contributed by atoms with Gasteiger partial charge in [0.15, 0.2) is 5.82 Å². The van der Waals surface area contributed by atoms with Crippen molar-refractivity contribution in [2.75, 3.05) is 17.5 Å². The molecule has 18 heteroatoms. The van der Waals surface area contributed by atoms with Crippen molar-refractivity contribution in [2.24, 2.45) is 7.05 Å². The number of anilines is 1. The molecule has 0 saturated carbocycles. The fraction of sp³-hybridized carbons (Fsp3) is 0.231. The lowest BCUT2D eigenvalue weighted by molar-refractivity contribution is -0.121. The molecule has 3 heterocycles. The van der Waals surface area contributed by atoms with Gasteiger partial charge in [0.25, 0.3) is 5.92 Å². The number of rotatable bonds is 12. The Bertz CT molecular complexity index is 2530. The number of pyridine rings is 1. The van der Waals surface area contributed by atoms with E-state index in [4.69, 9.17) is 10.4 Å². The number of aromatic amines is 1. The van der Waals surface area contributed by atoms with Crippen molar-refractivity contribution in [2.45, 2.75) is 37.4 Å². The van der Waals surface area contributed by atoms with Crippen molar-refractivity contribution in [1.29, 1.82) is 5.41 Å². The number of hydrogen-bond donors (Lipinski definition) is 5. The van der Waals surface area contributed by atoms with Crippen LogP contribution < -0.4 is 15.4 Å². The molecule has 7 rings (SSSR count). The standard InChI is InChI=1S/C39H33F7N8O2S/c1-54-34-24(9-6-10-25(34)37(52-54)53-57(2)56)27-17-29-30(18-28(49-29)21-7-4-3-5-8-21)51-33(27)31(15-20-13-22(40)16-23(41)14-20)50-32(55)19-48-36-26(11-12-38(36,42)43)35(47)39(44,45)46/h3-10,13-14,16-18,31,47-49H,11-12,15,19H2,1-2H3,(H,50,55)(H,52,53). The Morgan fingerprint density at radius 2 is 1.75 bits per heavy atom. The molecule has 3 aromatic heterocycles. The number of nitrogens with one attached hydrogen (secondary N) is 5. The van der Waals surface area contributed by atoms with Gasteiger partial charge in [-0.1, -0.05) is 42.5 Å². The van der Waals surface area contributed by atoms with Crippen LogP contribution in [0.3, 0.4) is 0 Å². The minimum Gasteiger partial charge on any atom is -0.593 e. The van der Waals surface area contributed by atoms with E-state index in [0.29, 0.717) is 50.6 Å². The average molecular weight is 811 g/mol. The number of para-hydroxylation sites is 1. The largest absolute Gasteiger partial charge is 0.593 e. The number of fused-ring (bicyclic) bond motifs is 2. The van der Waals surface area contributed by atoms with Crippen LogP contribution in [0, 0.1) is 17.0 Å². The number of nitrogens with zero attached hydrogens (tertiary/aromatic N) is 3. The number of amides is 1. The molecule has 0 fully saturated rings. The maximum absolute atomic E-state index is 14.9. The summed E-state index contributed by atoms with van der Waals surface area (Å²) in [6.07, 6.45) is -5.75. The monoisotopic (exact) mass is 810 g/mol. The summed E-state index contributed by atoms with van der Waals surface area (Å²) >= 11 is -1.48. The van der Waals surface area contributed by atoms with Crippen LogP contribution in [0.4, 0.5) is 36.6 Å². The third-order valence-electron chi connectivity index (χ3n) is 9.51. The number of halogens is 7. The quantitative estimate of drug-likeness (QED) is 0.0481. The van der Waals surface area contributed by atoms with Gasteiger partial charge in [0.1, 0.15) is 23.6 Å². The summed E-state index contributed by atoms with van der Waals surface area (Å²) in [5, 5.41) is 17.5. The van der Waals surface area contributed by atoms with E-state index in [-0.39, 0.29) is 17.7 Å². The Labute approximate surface area is 323 Å². The third-order valence-corrected chi connectivity index (χ3v) is 9.99. The highest BCUT2D eigenvalue weighted by atomic mass is 32.2. The summed E-state index contributed by atoms with van der Waals surface area (Å²) in [5.41, 5.74) is 0.253. The molecule has 1 aliphatic rings. The molecule has 1 amide bonds. The minimum absolute atomic E-state index is 0.0965. The van der Waals surface area contributed by atoms with Crippen LogP contribution in [0.15, 0.2) is 90.1 Å². The van der Waals surface area contributed by atoms with Gasteiger partial charge < -0.3 is 20.2 Å². The summed E-state index contributed by atoms with van der Waals surface area (Å²) < 4.78 is 116. The van der Waals surface area contributed by atoms with E-state index < -0.39 is 83.4 Å². The normalized spacial score (nSPS) is 15.3. The van der Waals surface area contributed by atoms with Crippen molar-refractivity contribution in [3.63, 3.8) is 0 Å². The van der Waals surface area contributed by atoms with E-state index in [2.05, 4.69) is 25.4 Å². The third kappa shape index (κ3) is 8.18. The Morgan fingerprint density at radius 3 is 2.44 bits per heavy atom.